The van der Waals surface area contributed by atoms with Crippen molar-refractivity contribution in [2.75, 3.05) is 5.75 Å². The fraction of sp³-hybridized carbons (Fsp3) is 0.133. The van der Waals surface area contributed by atoms with Crippen LogP contribution in [0.2, 0.25) is 5.02 Å². The molecule has 0 aliphatic rings. The number of hydrazine groups is 1. The first-order chi connectivity index (χ1) is 11.3. The van der Waals surface area contributed by atoms with Crippen LogP contribution < -0.4 is 10.3 Å². The summed E-state index contributed by atoms with van der Waals surface area (Å²) in [5.41, 5.74) is 3.21. The maximum Gasteiger partial charge on any atom is 0.257 e. The number of benzene rings is 2. The average molecular weight is 389 g/mol. The van der Waals surface area contributed by atoms with Gasteiger partial charge < -0.3 is 0 Å². The minimum absolute atomic E-state index is 0.0375. The molecule has 0 bridgehead atoms. The fourth-order valence-corrected chi connectivity index (χ4v) is 3.48. The van der Waals surface area contributed by atoms with E-state index in [9.17, 15) is 17.6 Å². The third-order valence-corrected chi connectivity index (χ3v) is 5.46. The number of hydrogen-bond acceptors (Lipinski definition) is 4. The molecular formula is C15H14ClFN2O3S2. The Balaban J connectivity index is 1.90. The normalized spacial score (nSPS) is 11.3. The van der Waals surface area contributed by atoms with Gasteiger partial charge in [-0.05, 0) is 37.3 Å². The van der Waals surface area contributed by atoms with Gasteiger partial charge >= 0.3 is 0 Å². The summed E-state index contributed by atoms with van der Waals surface area (Å²) in [7, 11) is -4.03. The molecule has 0 atom stereocenters. The van der Waals surface area contributed by atoms with Crippen molar-refractivity contribution < 1.29 is 17.6 Å². The van der Waals surface area contributed by atoms with Crippen LogP contribution in [0.25, 0.3) is 0 Å². The summed E-state index contributed by atoms with van der Waals surface area (Å²) >= 11 is 6.82. The molecule has 0 saturated carbocycles. The van der Waals surface area contributed by atoms with Crippen LogP contribution in [-0.4, -0.2) is 20.1 Å². The van der Waals surface area contributed by atoms with Gasteiger partial charge in [-0.2, -0.15) is 0 Å². The van der Waals surface area contributed by atoms with E-state index in [1.807, 2.05) is 36.0 Å². The number of carbonyl (C=O) groups excluding carboxylic acids is 1. The molecule has 2 rings (SSSR count). The number of hydrogen-bond donors (Lipinski definition) is 2. The van der Waals surface area contributed by atoms with E-state index in [2.05, 4.69) is 5.43 Å². The number of carbonyl (C=O) groups is 1. The van der Waals surface area contributed by atoms with Crippen LogP contribution >= 0.6 is 23.4 Å². The van der Waals surface area contributed by atoms with Crippen LogP contribution in [0.15, 0.2) is 52.3 Å². The molecule has 0 radical (unpaired) electrons. The van der Waals surface area contributed by atoms with Gasteiger partial charge in [0, 0.05) is 4.90 Å². The summed E-state index contributed by atoms with van der Waals surface area (Å²) in [5.74, 6) is -1.21. The zero-order valence-corrected chi connectivity index (χ0v) is 14.9. The van der Waals surface area contributed by atoms with Crippen LogP contribution in [0.5, 0.6) is 0 Å². The first-order valence-electron chi connectivity index (χ1n) is 6.73. The number of amides is 1. The molecule has 0 saturated heterocycles. The molecule has 9 heteroatoms. The Morgan fingerprint density at radius 2 is 1.88 bits per heavy atom. The molecule has 5 nitrogen and oxygen atoms in total. The van der Waals surface area contributed by atoms with E-state index in [0.717, 1.165) is 28.7 Å². The Morgan fingerprint density at radius 1 is 1.21 bits per heavy atom. The van der Waals surface area contributed by atoms with Gasteiger partial charge in [0.2, 0.25) is 5.91 Å². The highest BCUT2D eigenvalue weighted by atomic mass is 35.5. The number of aryl methyl sites for hydroxylation is 1. The quantitative estimate of drug-likeness (QED) is 0.589. The second-order valence-corrected chi connectivity index (χ2v) is 7.97. The third kappa shape index (κ3) is 5.20. The third-order valence-electron chi connectivity index (χ3n) is 2.92. The van der Waals surface area contributed by atoms with Crippen molar-refractivity contribution in [3.8, 4) is 0 Å². The predicted octanol–water partition coefficient (Wildman–Crippen LogP) is 2.89. The molecule has 0 aromatic heterocycles. The molecule has 0 aliphatic heterocycles. The van der Waals surface area contributed by atoms with Crippen molar-refractivity contribution in [2.24, 2.45) is 0 Å². The van der Waals surface area contributed by atoms with Crippen LogP contribution in [0.4, 0.5) is 4.39 Å². The van der Waals surface area contributed by atoms with E-state index in [4.69, 9.17) is 11.6 Å². The van der Waals surface area contributed by atoms with Crippen molar-refractivity contribution in [1.82, 2.24) is 10.3 Å². The molecule has 0 unspecified atom stereocenters. The highest BCUT2D eigenvalue weighted by Crippen LogP contribution is 2.19. The SMILES string of the molecule is Cc1ccc(SCC(=O)NNS(=O)(=O)c2ccc(F)c(Cl)c2)cc1. The molecule has 0 heterocycles. The van der Waals surface area contributed by atoms with Crippen molar-refractivity contribution in [3.63, 3.8) is 0 Å². The van der Waals surface area contributed by atoms with E-state index in [1.54, 1.807) is 0 Å². The van der Waals surface area contributed by atoms with E-state index < -0.39 is 21.7 Å². The van der Waals surface area contributed by atoms with Gasteiger partial charge in [-0.25, -0.2) is 12.8 Å². The lowest BCUT2D eigenvalue weighted by atomic mass is 10.2. The zero-order chi connectivity index (χ0) is 17.7. The Bertz CT molecular complexity index is 842. The zero-order valence-electron chi connectivity index (χ0n) is 12.5. The molecule has 2 aromatic carbocycles. The molecular weight excluding hydrogens is 375 g/mol. The van der Waals surface area contributed by atoms with E-state index >= 15 is 0 Å². The number of nitrogens with one attached hydrogen (secondary N) is 2. The van der Waals surface area contributed by atoms with Crippen molar-refractivity contribution >= 4 is 39.3 Å². The molecule has 1 amide bonds. The second kappa shape index (κ2) is 7.98. The van der Waals surface area contributed by atoms with Crippen LogP contribution in [0.3, 0.4) is 0 Å². The van der Waals surface area contributed by atoms with Gasteiger partial charge in [-0.1, -0.05) is 29.3 Å². The summed E-state index contributed by atoms with van der Waals surface area (Å²) in [4.78, 5) is 14.3. The number of rotatable bonds is 6. The van der Waals surface area contributed by atoms with Crippen LogP contribution in [0, 0.1) is 12.7 Å². The highest BCUT2D eigenvalue weighted by molar-refractivity contribution is 8.00. The number of halogens is 2. The van der Waals surface area contributed by atoms with Gasteiger partial charge in [0.15, 0.2) is 0 Å². The molecule has 24 heavy (non-hydrogen) atoms. The van der Waals surface area contributed by atoms with Crippen molar-refractivity contribution in [3.05, 3.63) is 58.9 Å². The molecule has 128 valence electrons. The highest BCUT2D eigenvalue weighted by Gasteiger charge is 2.16. The Hall–Kier alpha value is -1.61. The number of thioether (sulfide) groups is 1. The maximum atomic E-state index is 13.1. The first kappa shape index (κ1) is 18.7. The number of sulfonamides is 1. The van der Waals surface area contributed by atoms with Gasteiger partial charge in [0.05, 0.1) is 15.7 Å². The lowest BCUT2D eigenvalue weighted by molar-refractivity contribution is -0.119. The van der Waals surface area contributed by atoms with Crippen molar-refractivity contribution in [1.29, 1.82) is 0 Å². The summed E-state index contributed by atoms with van der Waals surface area (Å²) in [6.07, 6.45) is 0. The van der Waals surface area contributed by atoms with Gasteiger partial charge in [-0.15, -0.1) is 16.6 Å². The fourth-order valence-electron chi connectivity index (χ4n) is 1.65. The Kier molecular flexibility index (Phi) is 6.22. The molecule has 0 spiro atoms. The van der Waals surface area contributed by atoms with E-state index in [0.29, 0.717) is 0 Å². The summed E-state index contributed by atoms with van der Waals surface area (Å²) < 4.78 is 37.1. The van der Waals surface area contributed by atoms with Gasteiger partial charge in [0.1, 0.15) is 5.82 Å². The predicted molar refractivity (Wildman–Crippen MR) is 91.8 cm³/mol. The molecule has 0 fully saturated rings. The van der Waals surface area contributed by atoms with E-state index in [1.165, 1.54) is 11.8 Å². The summed E-state index contributed by atoms with van der Waals surface area (Å²) in [5, 5.41) is -0.320. The summed E-state index contributed by atoms with van der Waals surface area (Å²) in [6, 6.07) is 10.5. The van der Waals surface area contributed by atoms with Crippen molar-refractivity contribution in [2.45, 2.75) is 16.7 Å². The Morgan fingerprint density at radius 3 is 2.50 bits per heavy atom. The largest absolute Gasteiger partial charge is 0.277 e. The minimum atomic E-state index is -4.03. The topological polar surface area (TPSA) is 75.3 Å². The molecule has 0 aliphatic carbocycles. The van der Waals surface area contributed by atoms with Gasteiger partial charge in [-0.3, -0.25) is 10.2 Å². The monoisotopic (exact) mass is 388 g/mol. The maximum absolute atomic E-state index is 13.1. The van der Waals surface area contributed by atoms with Gasteiger partial charge in [0.25, 0.3) is 10.0 Å². The first-order valence-corrected chi connectivity index (χ1v) is 9.58. The summed E-state index contributed by atoms with van der Waals surface area (Å²) in [6.45, 7) is 1.96. The lowest BCUT2D eigenvalue weighted by Gasteiger charge is -2.09. The second-order valence-electron chi connectivity index (χ2n) is 4.83. The smallest absolute Gasteiger partial charge is 0.257 e. The van der Waals surface area contributed by atoms with Crippen LogP contribution in [-0.2, 0) is 14.8 Å². The van der Waals surface area contributed by atoms with Crippen LogP contribution in [0.1, 0.15) is 5.56 Å². The molecule has 2 N–H and O–H groups in total. The Labute approximate surface area is 148 Å². The molecule has 2 aromatic rings. The lowest BCUT2D eigenvalue weighted by Crippen LogP contribution is -2.42. The minimum Gasteiger partial charge on any atom is -0.277 e. The standard InChI is InChI=1S/C15H14ClFN2O3S2/c1-10-2-4-11(5-3-10)23-9-15(20)18-19-24(21,22)12-6-7-14(17)13(16)8-12/h2-8,19H,9H2,1H3,(H,18,20). The van der Waals surface area contributed by atoms with E-state index in [-0.39, 0.29) is 15.7 Å². The average Bonchev–Trinajstić information content (AvgIpc) is 2.55.